The topological polar surface area (TPSA) is 26.0 Å². The lowest BCUT2D eigenvalue weighted by molar-refractivity contribution is 0.625. The lowest BCUT2D eigenvalue weighted by atomic mass is 10.00. The van der Waals surface area contributed by atoms with Crippen LogP contribution < -0.4 is 5.73 Å². The Morgan fingerprint density at radius 2 is 1.81 bits per heavy atom. The van der Waals surface area contributed by atoms with Gasteiger partial charge in [0.25, 0.3) is 0 Å². The Hall–Kier alpha value is -1.35. The Labute approximate surface area is 102 Å². The van der Waals surface area contributed by atoms with Crippen LogP contribution in [0.4, 0.5) is 10.1 Å². The number of halogens is 2. The van der Waals surface area contributed by atoms with Gasteiger partial charge in [0.1, 0.15) is 5.82 Å². The van der Waals surface area contributed by atoms with Crippen molar-refractivity contribution in [1.29, 1.82) is 0 Å². The van der Waals surface area contributed by atoms with Gasteiger partial charge in [-0.1, -0.05) is 24.3 Å². The van der Waals surface area contributed by atoms with Gasteiger partial charge in [-0.2, -0.15) is 0 Å². The van der Waals surface area contributed by atoms with Crippen molar-refractivity contribution in [3.8, 4) is 11.1 Å². The van der Waals surface area contributed by atoms with Crippen molar-refractivity contribution in [3.63, 3.8) is 0 Å². The molecule has 0 heterocycles. The molecular formula is C13H11BrFN. The molecule has 0 spiro atoms. The van der Waals surface area contributed by atoms with Gasteiger partial charge in [0, 0.05) is 11.3 Å². The van der Waals surface area contributed by atoms with Gasteiger partial charge in [-0.3, -0.25) is 0 Å². The molecule has 82 valence electrons. The van der Waals surface area contributed by atoms with Crippen LogP contribution in [0.25, 0.3) is 11.1 Å². The quantitative estimate of drug-likeness (QED) is 0.780. The maximum absolute atomic E-state index is 13.9. The molecular weight excluding hydrogens is 269 g/mol. The lowest BCUT2D eigenvalue weighted by Crippen LogP contribution is -1.93. The second-order valence-corrected chi connectivity index (χ2v) is 4.53. The first-order valence-corrected chi connectivity index (χ1v) is 5.69. The van der Waals surface area contributed by atoms with Gasteiger partial charge in [0.05, 0.1) is 4.47 Å². The van der Waals surface area contributed by atoms with Crippen LogP contribution in [0.3, 0.4) is 0 Å². The summed E-state index contributed by atoms with van der Waals surface area (Å²) in [7, 11) is 0. The van der Waals surface area contributed by atoms with E-state index in [1.807, 2.05) is 31.2 Å². The molecule has 3 heteroatoms. The van der Waals surface area contributed by atoms with Crippen molar-refractivity contribution in [1.82, 2.24) is 0 Å². The third-order valence-corrected chi connectivity index (χ3v) is 3.06. The second kappa shape index (κ2) is 4.26. The molecule has 0 aromatic heterocycles. The minimum absolute atomic E-state index is 0.275. The highest BCUT2D eigenvalue weighted by molar-refractivity contribution is 9.10. The van der Waals surface area contributed by atoms with Crippen molar-refractivity contribution < 1.29 is 4.39 Å². The van der Waals surface area contributed by atoms with Crippen LogP contribution in [-0.4, -0.2) is 0 Å². The van der Waals surface area contributed by atoms with Crippen LogP contribution in [0.1, 0.15) is 5.56 Å². The molecule has 1 nitrogen and oxygen atoms in total. The summed E-state index contributed by atoms with van der Waals surface area (Å²) in [6.45, 7) is 1.95. The van der Waals surface area contributed by atoms with Gasteiger partial charge in [-0.25, -0.2) is 4.39 Å². The van der Waals surface area contributed by atoms with Gasteiger partial charge >= 0.3 is 0 Å². The van der Waals surface area contributed by atoms with Crippen LogP contribution in [0.5, 0.6) is 0 Å². The van der Waals surface area contributed by atoms with E-state index < -0.39 is 0 Å². The monoisotopic (exact) mass is 279 g/mol. The first kappa shape index (κ1) is 11.1. The molecule has 2 aromatic rings. The number of rotatable bonds is 1. The van der Waals surface area contributed by atoms with Crippen LogP contribution in [0, 0.1) is 12.7 Å². The third kappa shape index (κ3) is 1.95. The molecule has 2 rings (SSSR count). The summed E-state index contributed by atoms with van der Waals surface area (Å²) in [6.07, 6.45) is 0. The summed E-state index contributed by atoms with van der Waals surface area (Å²) in [5.74, 6) is -0.275. The molecule has 0 aliphatic rings. The molecule has 2 aromatic carbocycles. The predicted octanol–water partition coefficient (Wildman–Crippen LogP) is 4.15. The van der Waals surface area contributed by atoms with Crippen LogP contribution in [-0.2, 0) is 0 Å². The minimum Gasteiger partial charge on any atom is -0.399 e. The average molecular weight is 280 g/mol. The molecule has 0 unspecified atom stereocenters. The number of anilines is 1. The number of hydrogen-bond donors (Lipinski definition) is 1. The first-order valence-electron chi connectivity index (χ1n) is 4.90. The fourth-order valence-electron chi connectivity index (χ4n) is 1.68. The highest BCUT2D eigenvalue weighted by Crippen LogP contribution is 2.32. The Bertz CT molecular complexity index is 537. The molecule has 2 N–H and O–H groups in total. The van der Waals surface area contributed by atoms with Crippen molar-refractivity contribution in [2.75, 3.05) is 5.73 Å². The molecule has 0 amide bonds. The highest BCUT2D eigenvalue weighted by atomic mass is 79.9. The lowest BCUT2D eigenvalue weighted by Gasteiger charge is -2.09. The van der Waals surface area contributed by atoms with E-state index in [1.165, 1.54) is 0 Å². The summed E-state index contributed by atoms with van der Waals surface area (Å²) in [5, 5.41) is 0. The van der Waals surface area contributed by atoms with E-state index in [1.54, 1.807) is 12.1 Å². The third-order valence-electron chi connectivity index (χ3n) is 2.49. The Kier molecular flexibility index (Phi) is 2.97. The van der Waals surface area contributed by atoms with E-state index >= 15 is 0 Å². The summed E-state index contributed by atoms with van der Waals surface area (Å²) >= 11 is 3.16. The number of aryl methyl sites for hydroxylation is 1. The van der Waals surface area contributed by atoms with E-state index in [2.05, 4.69) is 15.9 Å². The molecule has 0 fully saturated rings. The second-order valence-electron chi connectivity index (χ2n) is 3.68. The zero-order chi connectivity index (χ0) is 11.7. The molecule has 0 aliphatic heterocycles. The Morgan fingerprint density at radius 1 is 1.12 bits per heavy atom. The van der Waals surface area contributed by atoms with Crippen molar-refractivity contribution in [2.24, 2.45) is 0 Å². The molecule has 16 heavy (non-hydrogen) atoms. The van der Waals surface area contributed by atoms with Gasteiger partial charge in [-0.05, 0) is 46.1 Å². The Balaban J connectivity index is 2.69. The van der Waals surface area contributed by atoms with Crippen LogP contribution in [0.2, 0.25) is 0 Å². The summed E-state index contributed by atoms with van der Waals surface area (Å²) < 4.78 is 14.3. The summed E-state index contributed by atoms with van der Waals surface area (Å²) in [6, 6.07) is 10.9. The van der Waals surface area contributed by atoms with Gasteiger partial charge < -0.3 is 5.73 Å². The predicted molar refractivity (Wildman–Crippen MR) is 68.7 cm³/mol. The van der Waals surface area contributed by atoms with E-state index in [0.717, 1.165) is 11.1 Å². The maximum atomic E-state index is 13.9. The van der Waals surface area contributed by atoms with Gasteiger partial charge in [0.2, 0.25) is 0 Å². The average Bonchev–Trinajstić information content (AvgIpc) is 2.24. The van der Waals surface area contributed by atoms with Crippen molar-refractivity contribution in [2.45, 2.75) is 6.92 Å². The number of nitrogens with two attached hydrogens (primary N) is 1. The normalized spacial score (nSPS) is 10.4. The number of benzene rings is 2. The maximum Gasteiger partial charge on any atom is 0.145 e. The molecule has 0 saturated carbocycles. The highest BCUT2D eigenvalue weighted by Gasteiger charge is 2.11. The van der Waals surface area contributed by atoms with Crippen LogP contribution in [0.15, 0.2) is 40.9 Å². The molecule has 0 radical (unpaired) electrons. The van der Waals surface area contributed by atoms with E-state index in [-0.39, 0.29) is 5.82 Å². The van der Waals surface area contributed by atoms with E-state index in [0.29, 0.717) is 15.7 Å². The number of hydrogen-bond acceptors (Lipinski definition) is 1. The fraction of sp³-hybridized carbons (Fsp3) is 0.0769. The zero-order valence-electron chi connectivity index (χ0n) is 8.80. The SMILES string of the molecule is Cc1ccccc1-c1cc(N)cc(Br)c1F. The van der Waals surface area contributed by atoms with Crippen molar-refractivity contribution in [3.05, 3.63) is 52.3 Å². The summed E-state index contributed by atoms with van der Waals surface area (Å²) in [5.41, 5.74) is 8.69. The van der Waals surface area contributed by atoms with Crippen molar-refractivity contribution >= 4 is 21.6 Å². The molecule has 0 atom stereocenters. The molecule has 0 bridgehead atoms. The standard InChI is InChI=1S/C13H11BrFN/c1-8-4-2-3-5-10(8)11-6-9(16)7-12(14)13(11)15/h2-7H,16H2,1H3. The summed E-state index contributed by atoms with van der Waals surface area (Å²) in [4.78, 5) is 0. The largest absolute Gasteiger partial charge is 0.399 e. The van der Waals surface area contributed by atoms with Gasteiger partial charge in [-0.15, -0.1) is 0 Å². The van der Waals surface area contributed by atoms with Gasteiger partial charge in [0.15, 0.2) is 0 Å². The first-order chi connectivity index (χ1) is 7.59. The molecule has 0 saturated heterocycles. The molecule has 0 aliphatic carbocycles. The smallest absolute Gasteiger partial charge is 0.145 e. The van der Waals surface area contributed by atoms with Crippen LogP contribution >= 0.6 is 15.9 Å². The van der Waals surface area contributed by atoms with E-state index in [4.69, 9.17) is 5.73 Å². The Morgan fingerprint density at radius 3 is 2.50 bits per heavy atom. The fourth-order valence-corrected chi connectivity index (χ4v) is 2.16. The van der Waals surface area contributed by atoms with E-state index in [9.17, 15) is 4.39 Å². The minimum atomic E-state index is -0.275. The zero-order valence-corrected chi connectivity index (χ0v) is 10.4. The number of nitrogen functional groups attached to an aromatic ring is 1.